The van der Waals surface area contributed by atoms with Crippen LogP contribution in [0.4, 0.5) is 0 Å². The van der Waals surface area contributed by atoms with Gasteiger partial charge in [-0.2, -0.15) is 0 Å². The first-order chi connectivity index (χ1) is 8.49. The molecule has 0 radical (unpaired) electrons. The summed E-state index contributed by atoms with van der Waals surface area (Å²) < 4.78 is 0. The minimum Gasteiger partial charge on any atom is -0.0856 e. The maximum absolute atomic E-state index is 2.38. The number of benzene rings is 1. The van der Waals surface area contributed by atoms with E-state index in [0.717, 1.165) is 12.8 Å². The zero-order chi connectivity index (χ0) is 13.5. The van der Waals surface area contributed by atoms with Crippen molar-refractivity contribution in [3.8, 4) is 0 Å². The Bertz CT molecular complexity index is 443. The molecule has 0 N–H and O–H groups in total. The molecule has 0 bridgehead atoms. The number of hydrogen-bond acceptors (Lipinski definition) is 0. The lowest BCUT2D eigenvalue weighted by Gasteiger charge is -2.05. The summed E-state index contributed by atoms with van der Waals surface area (Å²) in [5, 5.41) is 0. The number of hydrogen-bond donors (Lipinski definition) is 0. The first-order valence-electron chi connectivity index (χ1n) is 6.84. The van der Waals surface area contributed by atoms with Crippen molar-refractivity contribution in [3.05, 3.63) is 58.2 Å². The van der Waals surface area contributed by atoms with Crippen LogP contribution in [-0.4, -0.2) is 0 Å². The van der Waals surface area contributed by atoms with Gasteiger partial charge in [-0.25, -0.2) is 0 Å². The Hall–Kier alpha value is -1.30. The van der Waals surface area contributed by atoms with Gasteiger partial charge in [-0.3, -0.25) is 0 Å². The third-order valence-electron chi connectivity index (χ3n) is 3.27. The molecule has 0 heterocycles. The van der Waals surface area contributed by atoms with E-state index in [9.17, 15) is 0 Å². The lowest BCUT2D eigenvalue weighted by atomic mass is 10.0. The van der Waals surface area contributed by atoms with E-state index in [-0.39, 0.29) is 0 Å². The smallest absolute Gasteiger partial charge is 0.00921 e. The zero-order valence-electron chi connectivity index (χ0n) is 12.5. The summed E-state index contributed by atoms with van der Waals surface area (Å²) in [5.41, 5.74) is 7.11. The van der Waals surface area contributed by atoms with E-state index < -0.39 is 0 Å². The fourth-order valence-electron chi connectivity index (χ4n) is 1.99. The molecule has 1 aromatic rings. The Morgan fingerprint density at radius 3 is 2.44 bits per heavy atom. The number of rotatable bonds is 5. The quantitative estimate of drug-likeness (QED) is 0.595. The molecule has 18 heavy (non-hydrogen) atoms. The standard InChI is InChI=1S/C18H26/c1-14(2)7-6-8-15(3)10-12-18-13-16(4)9-11-17(18)5/h7,9-11,13H,6,8,12H2,1-5H3/b15-10+. The molecule has 0 atom stereocenters. The van der Waals surface area contributed by atoms with Crippen LogP contribution in [0.2, 0.25) is 0 Å². The van der Waals surface area contributed by atoms with Gasteiger partial charge in [-0.05, 0) is 65.0 Å². The second kappa shape index (κ2) is 7.20. The maximum atomic E-state index is 2.38. The molecular formula is C18H26. The molecule has 1 rings (SSSR count). The van der Waals surface area contributed by atoms with Crippen LogP contribution in [0.5, 0.6) is 0 Å². The average Bonchev–Trinajstić information content (AvgIpc) is 2.30. The van der Waals surface area contributed by atoms with Crippen LogP contribution < -0.4 is 0 Å². The van der Waals surface area contributed by atoms with Gasteiger partial charge in [-0.15, -0.1) is 0 Å². The van der Waals surface area contributed by atoms with Gasteiger partial charge in [0.25, 0.3) is 0 Å². The molecule has 0 amide bonds. The molecule has 0 unspecified atom stereocenters. The first kappa shape index (κ1) is 14.8. The second-order valence-corrected chi connectivity index (χ2v) is 5.50. The second-order valence-electron chi connectivity index (χ2n) is 5.50. The number of aryl methyl sites for hydroxylation is 2. The Balaban J connectivity index is 2.57. The summed E-state index contributed by atoms with van der Waals surface area (Å²) in [7, 11) is 0. The lowest BCUT2D eigenvalue weighted by Crippen LogP contribution is -1.89. The van der Waals surface area contributed by atoms with E-state index in [0.29, 0.717) is 0 Å². The van der Waals surface area contributed by atoms with E-state index >= 15 is 0 Å². The molecule has 0 saturated heterocycles. The van der Waals surface area contributed by atoms with Gasteiger partial charge in [-0.1, -0.05) is 47.1 Å². The van der Waals surface area contributed by atoms with Gasteiger partial charge in [0, 0.05) is 0 Å². The van der Waals surface area contributed by atoms with Crippen molar-refractivity contribution in [1.29, 1.82) is 0 Å². The molecule has 0 aliphatic carbocycles. The van der Waals surface area contributed by atoms with Crippen molar-refractivity contribution < 1.29 is 0 Å². The molecule has 98 valence electrons. The summed E-state index contributed by atoms with van der Waals surface area (Å²) in [6.45, 7) is 10.9. The topological polar surface area (TPSA) is 0 Å². The highest BCUT2D eigenvalue weighted by Gasteiger charge is 1.97. The van der Waals surface area contributed by atoms with Crippen molar-refractivity contribution in [2.24, 2.45) is 0 Å². The van der Waals surface area contributed by atoms with Crippen molar-refractivity contribution >= 4 is 0 Å². The van der Waals surface area contributed by atoms with Crippen LogP contribution in [0.1, 0.15) is 50.3 Å². The minimum absolute atomic E-state index is 1.06. The van der Waals surface area contributed by atoms with Gasteiger partial charge in [0.05, 0.1) is 0 Å². The SMILES string of the molecule is CC(C)=CCC/C(C)=C/Cc1cc(C)ccc1C. The van der Waals surface area contributed by atoms with Crippen LogP contribution in [0, 0.1) is 13.8 Å². The van der Waals surface area contributed by atoms with Gasteiger partial charge in [0.1, 0.15) is 0 Å². The highest BCUT2D eigenvalue weighted by Crippen LogP contribution is 2.14. The fourth-order valence-corrected chi connectivity index (χ4v) is 1.99. The average molecular weight is 242 g/mol. The van der Waals surface area contributed by atoms with E-state index in [1.165, 1.54) is 34.3 Å². The first-order valence-corrected chi connectivity index (χ1v) is 6.84. The zero-order valence-corrected chi connectivity index (χ0v) is 12.5. The van der Waals surface area contributed by atoms with Gasteiger partial charge in [0.15, 0.2) is 0 Å². The van der Waals surface area contributed by atoms with Crippen molar-refractivity contribution in [3.63, 3.8) is 0 Å². The van der Waals surface area contributed by atoms with Crippen molar-refractivity contribution in [1.82, 2.24) is 0 Å². The van der Waals surface area contributed by atoms with Crippen LogP contribution in [0.25, 0.3) is 0 Å². The highest BCUT2D eigenvalue weighted by molar-refractivity contribution is 5.32. The largest absolute Gasteiger partial charge is 0.0856 e. The molecule has 0 nitrogen and oxygen atoms in total. The predicted octanol–water partition coefficient (Wildman–Crippen LogP) is 5.54. The molecule has 0 fully saturated rings. The van der Waals surface area contributed by atoms with Gasteiger partial charge >= 0.3 is 0 Å². The van der Waals surface area contributed by atoms with E-state index in [1.807, 2.05) is 0 Å². The minimum atomic E-state index is 1.06. The Morgan fingerprint density at radius 2 is 1.78 bits per heavy atom. The molecule has 0 spiro atoms. The highest BCUT2D eigenvalue weighted by atomic mass is 14.0. The molecule has 0 saturated carbocycles. The van der Waals surface area contributed by atoms with Crippen LogP contribution in [-0.2, 0) is 6.42 Å². The normalized spacial score (nSPS) is 11.5. The van der Waals surface area contributed by atoms with E-state index in [4.69, 9.17) is 0 Å². The monoisotopic (exact) mass is 242 g/mol. The van der Waals surface area contributed by atoms with Crippen molar-refractivity contribution in [2.45, 2.75) is 53.9 Å². The van der Waals surface area contributed by atoms with E-state index in [2.05, 4.69) is 65.0 Å². The van der Waals surface area contributed by atoms with Crippen LogP contribution in [0.3, 0.4) is 0 Å². The summed E-state index contributed by atoms with van der Waals surface area (Å²) >= 11 is 0. The molecule has 0 heteroatoms. The summed E-state index contributed by atoms with van der Waals surface area (Å²) in [6, 6.07) is 6.70. The Morgan fingerprint density at radius 1 is 1.06 bits per heavy atom. The summed E-state index contributed by atoms with van der Waals surface area (Å²) in [5.74, 6) is 0. The lowest BCUT2D eigenvalue weighted by molar-refractivity contribution is 0.954. The molecule has 0 aliphatic heterocycles. The fraction of sp³-hybridized carbons (Fsp3) is 0.444. The van der Waals surface area contributed by atoms with Gasteiger partial charge in [0.2, 0.25) is 0 Å². The van der Waals surface area contributed by atoms with Gasteiger partial charge < -0.3 is 0 Å². The predicted molar refractivity (Wildman–Crippen MR) is 82.0 cm³/mol. The molecule has 0 aliphatic rings. The molecule has 0 aromatic heterocycles. The number of allylic oxidation sites excluding steroid dienone is 4. The Kier molecular flexibility index (Phi) is 5.91. The summed E-state index contributed by atoms with van der Waals surface area (Å²) in [4.78, 5) is 0. The third-order valence-corrected chi connectivity index (χ3v) is 3.27. The van der Waals surface area contributed by atoms with Crippen molar-refractivity contribution in [2.75, 3.05) is 0 Å². The van der Waals surface area contributed by atoms with Crippen LogP contribution in [0.15, 0.2) is 41.5 Å². The Labute approximate surface area is 112 Å². The van der Waals surface area contributed by atoms with E-state index in [1.54, 1.807) is 0 Å². The van der Waals surface area contributed by atoms with Crippen LogP contribution >= 0.6 is 0 Å². The third kappa shape index (κ3) is 5.35. The molecular weight excluding hydrogens is 216 g/mol. The summed E-state index contributed by atoms with van der Waals surface area (Å²) in [6.07, 6.45) is 8.09. The maximum Gasteiger partial charge on any atom is -0.00921 e. The molecule has 1 aromatic carbocycles.